The summed E-state index contributed by atoms with van der Waals surface area (Å²) in [5.74, 6) is 1.67. The summed E-state index contributed by atoms with van der Waals surface area (Å²) in [6, 6.07) is 5.39. The van der Waals surface area contributed by atoms with Gasteiger partial charge >= 0.3 is 6.09 Å². The number of anilines is 2. The lowest BCUT2D eigenvalue weighted by atomic mass is 10.1. The van der Waals surface area contributed by atoms with Crippen LogP contribution in [0.5, 0.6) is 5.75 Å². The first kappa shape index (κ1) is 21.0. The highest BCUT2D eigenvalue weighted by molar-refractivity contribution is 5.89. The van der Waals surface area contributed by atoms with Gasteiger partial charge in [-0.3, -0.25) is 10.00 Å². The van der Waals surface area contributed by atoms with E-state index in [9.17, 15) is 9.90 Å². The number of aromatic nitrogens is 6. The van der Waals surface area contributed by atoms with Gasteiger partial charge in [-0.1, -0.05) is 17.3 Å². The zero-order chi connectivity index (χ0) is 22.7. The lowest BCUT2D eigenvalue weighted by Gasteiger charge is -2.13. The molecule has 3 aromatic heterocycles. The maximum Gasteiger partial charge on any atom is 0.411 e. The number of benzene rings is 1. The van der Waals surface area contributed by atoms with E-state index in [1.165, 1.54) is 6.20 Å². The van der Waals surface area contributed by atoms with E-state index in [1.807, 2.05) is 6.07 Å². The topological polar surface area (TPSA) is 173 Å². The molecule has 0 aliphatic rings. The highest BCUT2D eigenvalue weighted by atomic mass is 16.5. The van der Waals surface area contributed by atoms with Crippen LogP contribution in [-0.4, -0.2) is 53.3 Å². The van der Waals surface area contributed by atoms with E-state index in [4.69, 9.17) is 14.4 Å². The third-order valence-electron chi connectivity index (χ3n) is 4.54. The van der Waals surface area contributed by atoms with Crippen LogP contribution in [0.15, 0.2) is 28.9 Å². The first-order valence-electron chi connectivity index (χ1n) is 9.50. The van der Waals surface area contributed by atoms with Crippen molar-refractivity contribution >= 4 is 28.9 Å². The Bertz CT molecular complexity index is 1270. The van der Waals surface area contributed by atoms with Gasteiger partial charge in [0.2, 0.25) is 11.8 Å². The number of nitrogens with one attached hydrogen (secondary N) is 2. The number of nitrogens with zero attached hydrogens (tertiary/aromatic N) is 6. The Hall–Kier alpha value is -4.26. The Morgan fingerprint density at radius 1 is 1.28 bits per heavy atom. The number of hydrogen-bond acceptors (Lipinski definition) is 10. The molecule has 4 N–H and O–H groups in total. The van der Waals surface area contributed by atoms with Gasteiger partial charge in [0.1, 0.15) is 16.8 Å². The van der Waals surface area contributed by atoms with E-state index in [1.54, 1.807) is 30.8 Å². The van der Waals surface area contributed by atoms with Gasteiger partial charge in [0.25, 0.3) is 0 Å². The molecule has 1 aromatic carbocycles. The molecular weight excluding hydrogens is 420 g/mol. The van der Waals surface area contributed by atoms with Gasteiger partial charge in [0, 0.05) is 12.5 Å². The Morgan fingerprint density at radius 2 is 2.12 bits per heavy atom. The van der Waals surface area contributed by atoms with E-state index >= 15 is 0 Å². The number of carbonyl (C=O) groups is 1. The largest absolute Gasteiger partial charge is 0.496 e. The minimum atomic E-state index is -1.29. The van der Waals surface area contributed by atoms with Crippen molar-refractivity contribution in [2.75, 3.05) is 17.7 Å². The summed E-state index contributed by atoms with van der Waals surface area (Å²) in [7, 11) is 1.55. The Morgan fingerprint density at radius 3 is 2.81 bits per heavy atom. The average Bonchev–Trinajstić information content (AvgIpc) is 3.37. The second-order valence-corrected chi connectivity index (χ2v) is 6.75. The van der Waals surface area contributed by atoms with Crippen LogP contribution in [-0.2, 0) is 19.7 Å². The fourth-order valence-corrected chi connectivity index (χ4v) is 3.15. The molecule has 0 bridgehead atoms. The van der Waals surface area contributed by atoms with Gasteiger partial charge in [-0.15, -0.1) is 0 Å². The third kappa shape index (κ3) is 4.41. The van der Waals surface area contributed by atoms with Crippen LogP contribution in [0.4, 0.5) is 16.6 Å². The maximum atomic E-state index is 11.1. The molecule has 0 saturated carbocycles. The quantitative estimate of drug-likeness (QED) is 0.314. The van der Waals surface area contributed by atoms with Gasteiger partial charge in [-0.05, 0) is 11.6 Å². The van der Waals surface area contributed by atoms with Crippen LogP contribution >= 0.6 is 0 Å². The van der Waals surface area contributed by atoms with Gasteiger partial charge in [-0.25, -0.2) is 9.78 Å². The molecule has 0 saturated heterocycles. The highest BCUT2D eigenvalue weighted by Crippen LogP contribution is 2.26. The van der Waals surface area contributed by atoms with Crippen molar-refractivity contribution < 1.29 is 24.3 Å². The van der Waals surface area contributed by atoms with Crippen LogP contribution in [0.2, 0.25) is 0 Å². The first-order chi connectivity index (χ1) is 15.5. The second-order valence-electron chi connectivity index (χ2n) is 6.75. The standard InChI is InChI=1S/C19H20N8O5/c1-10-22-15(26-32-10)7-20-17-16-13(23-18(24-17)25-19(29)30)6-21-27(16)8-12-4-3-11(9-28)5-14(12)31-2/h3-6,28H,7-9H2,1-2H3,(H,29,30)(H2,20,23,24,25). The first-order valence-corrected chi connectivity index (χ1v) is 9.50. The molecule has 3 heterocycles. The number of amides is 1. The minimum Gasteiger partial charge on any atom is -0.496 e. The Labute approximate surface area is 181 Å². The van der Waals surface area contributed by atoms with Crippen molar-refractivity contribution in [3.63, 3.8) is 0 Å². The van der Waals surface area contributed by atoms with Crippen LogP contribution in [0, 0.1) is 6.92 Å². The number of methoxy groups -OCH3 is 1. The summed E-state index contributed by atoms with van der Waals surface area (Å²) in [6.07, 6.45) is 0.229. The molecule has 0 spiro atoms. The Balaban J connectivity index is 1.72. The van der Waals surface area contributed by atoms with Crippen LogP contribution in [0.1, 0.15) is 22.8 Å². The predicted molar refractivity (Wildman–Crippen MR) is 111 cm³/mol. The van der Waals surface area contributed by atoms with E-state index in [-0.39, 0.29) is 19.1 Å². The number of ether oxygens (including phenoxy) is 1. The number of aliphatic hydroxyl groups excluding tert-OH is 1. The smallest absolute Gasteiger partial charge is 0.411 e. The summed E-state index contributed by atoms with van der Waals surface area (Å²) in [6.45, 7) is 2.09. The van der Waals surface area contributed by atoms with Crippen LogP contribution < -0.4 is 15.4 Å². The van der Waals surface area contributed by atoms with Crippen molar-refractivity contribution in [2.24, 2.45) is 0 Å². The molecule has 0 unspecified atom stereocenters. The third-order valence-corrected chi connectivity index (χ3v) is 4.54. The molecule has 4 aromatic rings. The van der Waals surface area contributed by atoms with Crippen LogP contribution in [0.3, 0.4) is 0 Å². The normalized spacial score (nSPS) is 11.0. The molecule has 13 nitrogen and oxygen atoms in total. The fourth-order valence-electron chi connectivity index (χ4n) is 3.15. The van der Waals surface area contributed by atoms with Crippen LogP contribution in [0.25, 0.3) is 11.0 Å². The summed E-state index contributed by atoms with van der Waals surface area (Å²) >= 11 is 0. The minimum absolute atomic E-state index is 0.0961. The van der Waals surface area contributed by atoms with Gasteiger partial charge < -0.3 is 24.8 Å². The summed E-state index contributed by atoms with van der Waals surface area (Å²) in [4.78, 5) is 23.7. The number of hydrogen-bond donors (Lipinski definition) is 4. The van der Waals surface area contributed by atoms with Gasteiger partial charge in [0.05, 0.1) is 33.0 Å². The molecule has 0 fully saturated rings. The van der Waals surface area contributed by atoms with E-state index in [0.717, 1.165) is 11.1 Å². The van der Waals surface area contributed by atoms with Crippen molar-refractivity contribution in [3.8, 4) is 5.75 Å². The van der Waals surface area contributed by atoms with Crippen molar-refractivity contribution in [1.82, 2.24) is 29.9 Å². The molecule has 4 rings (SSSR count). The van der Waals surface area contributed by atoms with Crippen molar-refractivity contribution in [1.29, 1.82) is 0 Å². The molecule has 0 atom stereocenters. The van der Waals surface area contributed by atoms with Crippen molar-refractivity contribution in [3.05, 3.63) is 47.2 Å². The van der Waals surface area contributed by atoms with E-state index in [2.05, 4.69) is 35.8 Å². The zero-order valence-corrected chi connectivity index (χ0v) is 17.2. The highest BCUT2D eigenvalue weighted by Gasteiger charge is 2.17. The zero-order valence-electron chi connectivity index (χ0n) is 17.2. The summed E-state index contributed by atoms with van der Waals surface area (Å²) in [5.41, 5.74) is 2.53. The van der Waals surface area contributed by atoms with E-state index in [0.29, 0.717) is 40.9 Å². The number of aryl methyl sites for hydroxylation is 1. The molecule has 0 aliphatic heterocycles. The molecule has 32 heavy (non-hydrogen) atoms. The molecular formula is C19H20N8O5. The number of fused-ring (bicyclic) bond motifs is 1. The molecule has 1 amide bonds. The number of rotatable bonds is 8. The van der Waals surface area contributed by atoms with Gasteiger partial charge in [-0.2, -0.15) is 15.1 Å². The average molecular weight is 440 g/mol. The SMILES string of the molecule is COc1cc(CO)ccc1Cn1ncc2nc(NC(=O)O)nc(NCc3noc(C)n3)c21. The summed E-state index contributed by atoms with van der Waals surface area (Å²) < 4.78 is 12.1. The van der Waals surface area contributed by atoms with E-state index < -0.39 is 6.09 Å². The number of carboxylic acid groups (broad SMARTS) is 1. The second kappa shape index (κ2) is 8.85. The lowest BCUT2D eigenvalue weighted by Crippen LogP contribution is -2.13. The maximum absolute atomic E-state index is 11.1. The molecule has 13 heteroatoms. The predicted octanol–water partition coefficient (Wildman–Crippen LogP) is 1.77. The monoisotopic (exact) mass is 440 g/mol. The number of aliphatic hydroxyl groups is 1. The molecule has 166 valence electrons. The summed E-state index contributed by atoms with van der Waals surface area (Å²) in [5, 5.41) is 31.9. The van der Waals surface area contributed by atoms with Gasteiger partial charge in [0.15, 0.2) is 11.6 Å². The fraction of sp³-hybridized carbons (Fsp3) is 0.263. The molecule has 0 aliphatic carbocycles. The molecule has 0 radical (unpaired) electrons. The Kier molecular flexibility index (Phi) is 5.81. The van der Waals surface area contributed by atoms with Crippen molar-refractivity contribution in [2.45, 2.75) is 26.6 Å². The lowest BCUT2D eigenvalue weighted by molar-refractivity contribution is 0.209.